The Balaban J connectivity index is 1.43. The van der Waals surface area contributed by atoms with E-state index in [0.29, 0.717) is 18.6 Å². The van der Waals surface area contributed by atoms with E-state index in [0.717, 1.165) is 61.2 Å². The molecule has 2 aliphatic rings. The van der Waals surface area contributed by atoms with Crippen molar-refractivity contribution in [2.24, 2.45) is 13.0 Å². The number of aliphatic carboxylic acids is 1. The standard InChI is InChI=1S/C25H34N4O5/c1-16-23(34-19-10-6-7-17(13-19)24(30)31)12-11-21(27-16)20-14-26-29(3)22(20)15-33-25(32)28(2)18-8-4-5-9-18/h11-12,14,17-19H,4-10,13,15H2,1-3H3,(H,30,31)/t17-,19-/m1/s1. The molecule has 0 aliphatic heterocycles. The van der Waals surface area contributed by atoms with Gasteiger partial charge >= 0.3 is 12.1 Å². The molecule has 1 amide bonds. The van der Waals surface area contributed by atoms with E-state index in [1.807, 2.05) is 26.1 Å². The average Bonchev–Trinajstić information content (AvgIpc) is 3.48. The quantitative estimate of drug-likeness (QED) is 0.642. The highest BCUT2D eigenvalue weighted by Gasteiger charge is 2.29. The Bertz CT molecular complexity index is 1030. The molecule has 2 aromatic rings. The van der Waals surface area contributed by atoms with Crippen LogP contribution in [0.25, 0.3) is 11.3 Å². The third-order valence-corrected chi connectivity index (χ3v) is 7.14. The van der Waals surface area contributed by atoms with Gasteiger partial charge in [-0.25, -0.2) is 9.78 Å². The number of rotatable bonds is 7. The van der Waals surface area contributed by atoms with E-state index in [1.54, 1.807) is 22.8 Å². The molecule has 0 radical (unpaired) electrons. The van der Waals surface area contributed by atoms with Gasteiger partial charge in [-0.15, -0.1) is 0 Å². The molecule has 0 unspecified atom stereocenters. The Morgan fingerprint density at radius 2 is 1.94 bits per heavy atom. The zero-order valence-electron chi connectivity index (χ0n) is 20.2. The Kier molecular flexibility index (Phi) is 7.38. The average molecular weight is 471 g/mol. The predicted octanol–water partition coefficient (Wildman–Crippen LogP) is 4.32. The summed E-state index contributed by atoms with van der Waals surface area (Å²) in [6.07, 6.45) is 8.56. The van der Waals surface area contributed by atoms with Crippen LogP contribution in [0.5, 0.6) is 5.75 Å². The third-order valence-electron chi connectivity index (χ3n) is 7.14. The lowest BCUT2D eigenvalue weighted by Crippen LogP contribution is -2.35. The van der Waals surface area contributed by atoms with Crippen LogP contribution in [0.1, 0.15) is 62.8 Å². The number of nitrogens with zero attached hydrogens (tertiary/aromatic N) is 4. The van der Waals surface area contributed by atoms with Gasteiger partial charge in [-0.05, 0) is 57.6 Å². The summed E-state index contributed by atoms with van der Waals surface area (Å²) in [6, 6.07) is 4.00. The highest BCUT2D eigenvalue weighted by atomic mass is 16.6. The lowest BCUT2D eigenvalue weighted by molar-refractivity contribution is -0.143. The second kappa shape index (κ2) is 10.4. The van der Waals surface area contributed by atoms with Crippen LogP contribution in [0.2, 0.25) is 0 Å². The highest BCUT2D eigenvalue weighted by Crippen LogP contribution is 2.31. The van der Waals surface area contributed by atoms with Crippen molar-refractivity contribution in [3.05, 3.63) is 29.7 Å². The lowest BCUT2D eigenvalue weighted by Gasteiger charge is -2.27. The van der Waals surface area contributed by atoms with Crippen LogP contribution in [0.4, 0.5) is 4.79 Å². The van der Waals surface area contributed by atoms with E-state index in [1.165, 1.54) is 0 Å². The molecule has 2 aromatic heterocycles. The second-order valence-electron chi connectivity index (χ2n) is 9.45. The molecule has 0 spiro atoms. The number of hydrogen-bond donors (Lipinski definition) is 1. The molecule has 9 heteroatoms. The van der Waals surface area contributed by atoms with Crippen molar-refractivity contribution in [1.82, 2.24) is 19.7 Å². The van der Waals surface area contributed by atoms with E-state index in [4.69, 9.17) is 14.5 Å². The van der Waals surface area contributed by atoms with Gasteiger partial charge in [0.15, 0.2) is 0 Å². The number of aromatic nitrogens is 3. The predicted molar refractivity (Wildman–Crippen MR) is 125 cm³/mol. The molecular weight excluding hydrogens is 436 g/mol. The van der Waals surface area contributed by atoms with Crippen LogP contribution in [-0.2, 0) is 23.2 Å². The summed E-state index contributed by atoms with van der Waals surface area (Å²) in [7, 11) is 3.62. The minimum absolute atomic E-state index is 0.110. The van der Waals surface area contributed by atoms with Crippen molar-refractivity contribution >= 4 is 12.1 Å². The number of amides is 1. The maximum atomic E-state index is 12.5. The third kappa shape index (κ3) is 5.34. The van der Waals surface area contributed by atoms with Crippen LogP contribution in [0.3, 0.4) is 0 Å². The van der Waals surface area contributed by atoms with Gasteiger partial charge in [0.25, 0.3) is 0 Å². The molecule has 0 bridgehead atoms. The summed E-state index contributed by atoms with van der Waals surface area (Å²) >= 11 is 0. The minimum atomic E-state index is -0.752. The summed E-state index contributed by atoms with van der Waals surface area (Å²) in [6.45, 7) is 1.99. The van der Waals surface area contributed by atoms with Gasteiger partial charge in [0.2, 0.25) is 0 Å². The SMILES string of the molecule is Cc1nc(-c2cnn(C)c2COC(=O)N(C)C2CCCC2)ccc1O[C@@H]1CCC[C@@H](C(=O)O)C1. The lowest BCUT2D eigenvalue weighted by atomic mass is 9.87. The molecule has 2 heterocycles. The van der Waals surface area contributed by atoms with Crippen LogP contribution in [-0.4, -0.2) is 56.0 Å². The van der Waals surface area contributed by atoms with E-state index in [9.17, 15) is 14.7 Å². The van der Waals surface area contributed by atoms with Crippen LogP contribution < -0.4 is 4.74 Å². The first-order valence-corrected chi connectivity index (χ1v) is 12.1. The molecule has 0 aromatic carbocycles. The molecule has 1 N–H and O–H groups in total. The Morgan fingerprint density at radius 1 is 1.18 bits per heavy atom. The fourth-order valence-electron chi connectivity index (χ4n) is 5.00. The minimum Gasteiger partial charge on any atom is -0.489 e. The number of hydrogen-bond acceptors (Lipinski definition) is 6. The van der Waals surface area contributed by atoms with Gasteiger partial charge in [0, 0.05) is 25.7 Å². The van der Waals surface area contributed by atoms with Crippen LogP contribution in [0.15, 0.2) is 18.3 Å². The Morgan fingerprint density at radius 3 is 2.65 bits per heavy atom. The second-order valence-corrected chi connectivity index (χ2v) is 9.45. The largest absolute Gasteiger partial charge is 0.489 e. The van der Waals surface area contributed by atoms with Gasteiger partial charge in [0.05, 0.1) is 35.3 Å². The fourth-order valence-corrected chi connectivity index (χ4v) is 5.00. The number of carboxylic acid groups (broad SMARTS) is 1. The van der Waals surface area contributed by atoms with Gasteiger partial charge in [-0.1, -0.05) is 12.8 Å². The molecule has 184 valence electrons. The van der Waals surface area contributed by atoms with Crippen molar-refractivity contribution < 1.29 is 24.2 Å². The number of carbonyl (C=O) groups excluding carboxylic acids is 1. The van der Waals surface area contributed by atoms with Crippen molar-refractivity contribution in [3.63, 3.8) is 0 Å². The van der Waals surface area contributed by atoms with E-state index >= 15 is 0 Å². The summed E-state index contributed by atoms with van der Waals surface area (Å²) < 4.78 is 13.4. The maximum Gasteiger partial charge on any atom is 0.410 e. The zero-order valence-corrected chi connectivity index (χ0v) is 20.2. The summed E-state index contributed by atoms with van der Waals surface area (Å²) in [5, 5.41) is 13.7. The molecule has 9 nitrogen and oxygen atoms in total. The molecular formula is C25H34N4O5. The molecule has 0 saturated heterocycles. The molecule has 2 fully saturated rings. The first-order valence-electron chi connectivity index (χ1n) is 12.1. The van der Waals surface area contributed by atoms with E-state index in [2.05, 4.69) is 5.10 Å². The smallest absolute Gasteiger partial charge is 0.410 e. The van der Waals surface area contributed by atoms with Gasteiger partial charge in [-0.2, -0.15) is 5.10 Å². The Hall–Kier alpha value is -3.10. The van der Waals surface area contributed by atoms with Crippen LogP contribution in [0, 0.1) is 12.8 Å². The molecule has 2 atom stereocenters. The van der Waals surface area contributed by atoms with Crippen molar-refractivity contribution in [2.75, 3.05) is 7.05 Å². The zero-order chi connectivity index (χ0) is 24.2. The summed E-state index contributed by atoms with van der Waals surface area (Å²) in [5.74, 6) is -0.438. The normalized spacial score (nSPS) is 20.8. The summed E-state index contributed by atoms with van der Waals surface area (Å²) in [4.78, 5) is 30.3. The number of carbonyl (C=O) groups is 2. The van der Waals surface area contributed by atoms with E-state index in [-0.39, 0.29) is 30.8 Å². The molecule has 2 saturated carbocycles. The fraction of sp³-hybridized carbons (Fsp3) is 0.600. The van der Waals surface area contributed by atoms with Crippen molar-refractivity contribution in [2.45, 2.75) is 77.0 Å². The summed E-state index contributed by atoms with van der Waals surface area (Å²) in [5.41, 5.74) is 3.02. The van der Waals surface area contributed by atoms with Crippen molar-refractivity contribution in [1.29, 1.82) is 0 Å². The van der Waals surface area contributed by atoms with Crippen molar-refractivity contribution in [3.8, 4) is 17.0 Å². The van der Waals surface area contributed by atoms with Gasteiger partial charge in [0.1, 0.15) is 12.4 Å². The van der Waals surface area contributed by atoms with Gasteiger partial charge < -0.3 is 19.5 Å². The monoisotopic (exact) mass is 470 g/mol. The number of pyridine rings is 1. The molecule has 2 aliphatic carbocycles. The molecule has 4 rings (SSSR count). The maximum absolute atomic E-state index is 12.5. The molecule has 34 heavy (non-hydrogen) atoms. The Labute approximate surface area is 200 Å². The highest BCUT2D eigenvalue weighted by molar-refractivity contribution is 5.70. The first-order chi connectivity index (χ1) is 16.3. The topological polar surface area (TPSA) is 107 Å². The number of carboxylic acids is 1. The number of aryl methyl sites for hydroxylation is 2. The van der Waals surface area contributed by atoms with Gasteiger partial charge in [-0.3, -0.25) is 9.48 Å². The van der Waals surface area contributed by atoms with E-state index < -0.39 is 5.97 Å². The number of ether oxygens (including phenoxy) is 2. The first kappa shape index (κ1) is 24.0. The van der Waals surface area contributed by atoms with Crippen LogP contribution >= 0.6 is 0 Å².